The van der Waals surface area contributed by atoms with Crippen molar-refractivity contribution in [3.63, 3.8) is 0 Å². The van der Waals surface area contributed by atoms with Crippen molar-refractivity contribution in [2.45, 2.75) is 65.5 Å². The molecule has 3 heteroatoms. The van der Waals surface area contributed by atoms with Crippen LogP contribution in [-0.4, -0.2) is 42.8 Å². The molecule has 1 saturated heterocycles. The van der Waals surface area contributed by atoms with Gasteiger partial charge in [-0.15, -0.1) is 0 Å². The van der Waals surface area contributed by atoms with E-state index in [4.69, 9.17) is 0 Å². The fraction of sp³-hybridized carbons (Fsp3) is 1.00. The molecule has 0 radical (unpaired) electrons. The highest BCUT2D eigenvalue weighted by Crippen LogP contribution is 2.31. The Morgan fingerprint density at radius 2 is 1.89 bits per heavy atom. The van der Waals surface area contributed by atoms with Gasteiger partial charge in [0.05, 0.1) is 6.67 Å². The number of nitrogens with one attached hydrogen (secondary N) is 1. The summed E-state index contributed by atoms with van der Waals surface area (Å²) in [4.78, 5) is 2.52. The summed E-state index contributed by atoms with van der Waals surface area (Å²) < 4.78 is 12.5. The molecule has 2 nitrogen and oxygen atoms in total. The normalized spacial score (nSPS) is 25.3. The number of alkyl halides is 1. The molecular formula is C15H31FN2. The molecule has 0 saturated carbocycles. The van der Waals surface area contributed by atoms with E-state index in [1.807, 2.05) is 0 Å². The smallest absolute Gasteiger partial charge is 0.0906 e. The average Bonchev–Trinajstić information content (AvgIpc) is 2.34. The zero-order valence-corrected chi connectivity index (χ0v) is 12.9. The molecular weight excluding hydrogens is 227 g/mol. The van der Waals surface area contributed by atoms with Gasteiger partial charge in [-0.05, 0) is 24.7 Å². The van der Waals surface area contributed by atoms with E-state index >= 15 is 0 Å². The van der Waals surface area contributed by atoms with Gasteiger partial charge in [0.15, 0.2) is 0 Å². The lowest BCUT2D eigenvalue weighted by atomic mass is 9.80. The summed E-state index contributed by atoms with van der Waals surface area (Å²) in [7, 11) is 0. The van der Waals surface area contributed by atoms with Crippen molar-refractivity contribution in [2.24, 2.45) is 5.41 Å². The maximum absolute atomic E-state index is 12.5. The zero-order chi connectivity index (χ0) is 13.8. The van der Waals surface area contributed by atoms with Gasteiger partial charge in [-0.3, -0.25) is 9.29 Å². The number of hydrogen-bond donors (Lipinski definition) is 1. The molecule has 0 aromatic carbocycles. The molecule has 1 fully saturated rings. The molecule has 1 atom stereocenters. The second-order valence-corrected chi connectivity index (χ2v) is 6.76. The molecule has 1 aliphatic rings. The Kier molecular flexibility index (Phi) is 5.60. The fourth-order valence-corrected chi connectivity index (χ4v) is 3.07. The van der Waals surface area contributed by atoms with E-state index in [9.17, 15) is 4.39 Å². The third-order valence-electron chi connectivity index (χ3n) is 4.55. The van der Waals surface area contributed by atoms with E-state index in [0.717, 1.165) is 32.5 Å². The first-order chi connectivity index (χ1) is 8.38. The van der Waals surface area contributed by atoms with Crippen molar-refractivity contribution in [3.05, 3.63) is 0 Å². The standard InChI is InChI=1S/C15H31FN2/c1-6-15(7-2)12-18(10-8-9-16)13(11-17-15)14(3,4)5/h13,17H,6-12H2,1-5H3. The predicted molar refractivity (Wildman–Crippen MR) is 76.7 cm³/mol. The summed E-state index contributed by atoms with van der Waals surface area (Å²) in [6.45, 7) is 14.1. The Morgan fingerprint density at radius 1 is 1.28 bits per heavy atom. The Bertz CT molecular complexity index is 243. The largest absolute Gasteiger partial charge is 0.308 e. The summed E-state index contributed by atoms with van der Waals surface area (Å²) >= 11 is 0. The SMILES string of the molecule is CCC1(CC)CN(CCCF)C(C(C)(C)C)CN1. The third-order valence-corrected chi connectivity index (χ3v) is 4.55. The van der Waals surface area contributed by atoms with Gasteiger partial charge in [-0.25, -0.2) is 0 Å². The van der Waals surface area contributed by atoms with E-state index in [1.165, 1.54) is 0 Å². The summed E-state index contributed by atoms with van der Waals surface area (Å²) in [5.74, 6) is 0. The van der Waals surface area contributed by atoms with Crippen LogP contribution in [0.4, 0.5) is 4.39 Å². The summed E-state index contributed by atoms with van der Waals surface area (Å²) in [5, 5.41) is 3.76. The quantitative estimate of drug-likeness (QED) is 0.814. The van der Waals surface area contributed by atoms with Crippen molar-refractivity contribution in [3.8, 4) is 0 Å². The lowest BCUT2D eigenvalue weighted by Gasteiger charge is -2.51. The first-order valence-corrected chi connectivity index (χ1v) is 7.43. The van der Waals surface area contributed by atoms with E-state index < -0.39 is 0 Å². The van der Waals surface area contributed by atoms with Crippen LogP contribution in [-0.2, 0) is 0 Å². The Hall–Kier alpha value is -0.150. The molecule has 1 rings (SSSR count). The molecule has 1 heterocycles. The monoisotopic (exact) mass is 258 g/mol. The van der Waals surface area contributed by atoms with Crippen LogP contribution in [0.25, 0.3) is 0 Å². The second-order valence-electron chi connectivity index (χ2n) is 6.76. The molecule has 0 bridgehead atoms. The van der Waals surface area contributed by atoms with Gasteiger partial charge in [0, 0.05) is 31.2 Å². The van der Waals surface area contributed by atoms with Crippen molar-refractivity contribution in [1.29, 1.82) is 0 Å². The summed E-state index contributed by atoms with van der Waals surface area (Å²) in [5.41, 5.74) is 0.481. The van der Waals surface area contributed by atoms with Crippen LogP contribution < -0.4 is 5.32 Å². The number of piperazine rings is 1. The van der Waals surface area contributed by atoms with Gasteiger partial charge in [0.25, 0.3) is 0 Å². The highest BCUT2D eigenvalue weighted by Gasteiger charge is 2.40. The lowest BCUT2D eigenvalue weighted by molar-refractivity contribution is 0.0171. The van der Waals surface area contributed by atoms with Crippen LogP contribution in [0.15, 0.2) is 0 Å². The van der Waals surface area contributed by atoms with E-state index in [0.29, 0.717) is 12.5 Å². The van der Waals surface area contributed by atoms with Crippen LogP contribution >= 0.6 is 0 Å². The molecule has 18 heavy (non-hydrogen) atoms. The number of rotatable bonds is 5. The van der Waals surface area contributed by atoms with Crippen molar-refractivity contribution in [1.82, 2.24) is 10.2 Å². The van der Waals surface area contributed by atoms with Gasteiger partial charge in [-0.2, -0.15) is 0 Å². The van der Waals surface area contributed by atoms with Gasteiger partial charge in [0.1, 0.15) is 0 Å². The van der Waals surface area contributed by atoms with Crippen LogP contribution in [0.3, 0.4) is 0 Å². The molecule has 1 N–H and O–H groups in total. The highest BCUT2D eigenvalue weighted by atomic mass is 19.1. The summed E-state index contributed by atoms with van der Waals surface area (Å²) in [6, 6.07) is 0.510. The van der Waals surface area contributed by atoms with Crippen molar-refractivity contribution < 1.29 is 4.39 Å². The lowest BCUT2D eigenvalue weighted by Crippen LogP contribution is -2.66. The van der Waals surface area contributed by atoms with Crippen LogP contribution in [0.2, 0.25) is 0 Å². The molecule has 1 aliphatic heterocycles. The molecule has 0 aromatic rings. The minimum atomic E-state index is -0.202. The third kappa shape index (κ3) is 3.67. The maximum Gasteiger partial charge on any atom is 0.0906 e. The maximum atomic E-state index is 12.5. The van der Waals surface area contributed by atoms with Crippen molar-refractivity contribution in [2.75, 3.05) is 26.3 Å². The van der Waals surface area contributed by atoms with E-state index in [-0.39, 0.29) is 17.6 Å². The molecule has 108 valence electrons. The average molecular weight is 258 g/mol. The van der Waals surface area contributed by atoms with Gasteiger partial charge in [-0.1, -0.05) is 34.6 Å². The van der Waals surface area contributed by atoms with Gasteiger partial charge >= 0.3 is 0 Å². The topological polar surface area (TPSA) is 15.3 Å². The molecule has 0 spiro atoms. The summed E-state index contributed by atoms with van der Waals surface area (Å²) in [6.07, 6.45) is 2.95. The van der Waals surface area contributed by atoms with Crippen LogP contribution in [0.1, 0.15) is 53.9 Å². The zero-order valence-electron chi connectivity index (χ0n) is 12.9. The molecule has 0 aliphatic carbocycles. The Labute approximate surface area is 112 Å². The minimum absolute atomic E-state index is 0.202. The molecule has 1 unspecified atom stereocenters. The fourth-order valence-electron chi connectivity index (χ4n) is 3.07. The predicted octanol–water partition coefficient (Wildman–Crippen LogP) is 3.22. The highest BCUT2D eigenvalue weighted by molar-refractivity contribution is 4.99. The van der Waals surface area contributed by atoms with E-state index in [1.54, 1.807) is 0 Å². The first kappa shape index (κ1) is 15.9. The number of hydrogen-bond acceptors (Lipinski definition) is 2. The molecule has 0 aromatic heterocycles. The Morgan fingerprint density at radius 3 is 2.33 bits per heavy atom. The molecule has 0 amide bonds. The number of nitrogens with zero attached hydrogens (tertiary/aromatic N) is 1. The first-order valence-electron chi connectivity index (χ1n) is 7.43. The van der Waals surface area contributed by atoms with Crippen molar-refractivity contribution >= 4 is 0 Å². The van der Waals surface area contributed by atoms with Gasteiger partial charge < -0.3 is 5.32 Å². The van der Waals surface area contributed by atoms with E-state index in [2.05, 4.69) is 44.8 Å². The second kappa shape index (κ2) is 6.33. The Balaban J connectivity index is 2.78. The van der Waals surface area contributed by atoms with Crippen LogP contribution in [0.5, 0.6) is 0 Å². The van der Waals surface area contributed by atoms with Crippen LogP contribution in [0, 0.1) is 5.41 Å². The number of halogens is 1. The minimum Gasteiger partial charge on any atom is -0.308 e. The van der Waals surface area contributed by atoms with Gasteiger partial charge in [0.2, 0.25) is 0 Å².